The minimum atomic E-state index is -1.17. The van der Waals surface area contributed by atoms with E-state index in [-0.39, 0.29) is 12.3 Å². The molecule has 0 spiro atoms. The maximum Gasteiger partial charge on any atom is 0.272 e. The Morgan fingerprint density at radius 3 is 2.42 bits per heavy atom. The van der Waals surface area contributed by atoms with Crippen LogP contribution < -0.4 is 15.5 Å². The first kappa shape index (κ1) is 25.4. The second-order valence-electron chi connectivity index (χ2n) is 8.38. The Labute approximate surface area is 219 Å². The number of amides is 3. The zero-order chi connectivity index (χ0) is 25.8. The third kappa shape index (κ3) is 5.58. The van der Waals surface area contributed by atoms with E-state index in [9.17, 15) is 14.4 Å². The van der Waals surface area contributed by atoms with Gasteiger partial charge in [-0.15, -0.1) is 0 Å². The molecule has 3 aromatic carbocycles. The molecule has 9 heteroatoms. The average Bonchev–Trinajstić information content (AvgIpc) is 2.97. The average molecular weight is 523 g/mol. The standard InChI is InChI=1S/C27H24Cl2N4O3/c1-16(30-23(34)15-17-12-13-20(28)21(29)14-17)26(35)32-25-27(36)33(2)22-11-7-6-10-19(22)24(31-25)18-8-4-3-5-9-18/h3-14,16,25H,15H2,1-2H3,(H,30,34)(H,32,35)/t16-,25?/m0/s1. The molecule has 184 valence electrons. The predicted molar refractivity (Wildman–Crippen MR) is 142 cm³/mol. The highest BCUT2D eigenvalue weighted by atomic mass is 35.5. The van der Waals surface area contributed by atoms with Crippen LogP contribution in [0.5, 0.6) is 0 Å². The Kier molecular flexibility index (Phi) is 7.72. The number of likely N-dealkylation sites (N-methyl/N-ethyl adjacent to an activating group) is 1. The molecule has 0 aliphatic carbocycles. The molecule has 0 fully saturated rings. The lowest BCUT2D eigenvalue weighted by Gasteiger charge is -2.22. The summed E-state index contributed by atoms with van der Waals surface area (Å²) in [4.78, 5) is 44.9. The Bertz CT molecular complexity index is 1340. The Morgan fingerprint density at radius 2 is 1.69 bits per heavy atom. The van der Waals surface area contributed by atoms with E-state index in [0.717, 1.165) is 11.1 Å². The monoisotopic (exact) mass is 522 g/mol. The van der Waals surface area contributed by atoms with Crippen LogP contribution in [0.25, 0.3) is 0 Å². The summed E-state index contributed by atoms with van der Waals surface area (Å²) in [7, 11) is 1.65. The van der Waals surface area contributed by atoms with E-state index < -0.39 is 24.0 Å². The molecule has 0 bridgehead atoms. The molecule has 36 heavy (non-hydrogen) atoms. The molecule has 1 aliphatic heterocycles. The van der Waals surface area contributed by atoms with Crippen LogP contribution in [0.4, 0.5) is 5.69 Å². The zero-order valence-corrected chi connectivity index (χ0v) is 21.2. The van der Waals surface area contributed by atoms with Gasteiger partial charge in [0.1, 0.15) is 6.04 Å². The number of anilines is 1. The smallest absolute Gasteiger partial charge is 0.272 e. The molecule has 0 saturated carbocycles. The van der Waals surface area contributed by atoms with E-state index in [1.165, 1.54) is 4.90 Å². The number of halogens is 2. The molecular weight excluding hydrogens is 499 g/mol. The van der Waals surface area contributed by atoms with Crippen LogP contribution in [-0.4, -0.2) is 42.7 Å². The van der Waals surface area contributed by atoms with Gasteiger partial charge in [0.2, 0.25) is 18.0 Å². The van der Waals surface area contributed by atoms with E-state index in [4.69, 9.17) is 23.2 Å². The summed E-state index contributed by atoms with van der Waals surface area (Å²) in [5.74, 6) is -1.30. The maximum atomic E-state index is 13.3. The van der Waals surface area contributed by atoms with Crippen LogP contribution in [0.2, 0.25) is 10.0 Å². The van der Waals surface area contributed by atoms with Crippen molar-refractivity contribution >= 4 is 52.3 Å². The number of nitrogens with one attached hydrogen (secondary N) is 2. The van der Waals surface area contributed by atoms with Gasteiger partial charge in [-0.3, -0.25) is 14.4 Å². The number of para-hydroxylation sites is 1. The van der Waals surface area contributed by atoms with Crippen molar-refractivity contribution in [2.24, 2.45) is 4.99 Å². The number of nitrogens with zero attached hydrogens (tertiary/aromatic N) is 2. The predicted octanol–water partition coefficient (Wildman–Crippen LogP) is 4.00. The second-order valence-corrected chi connectivity index (χ2v) is 9.20. The molecule has 1 unspecified atom stereocenters. The van der Waals surface area contributed by atoms with E-state index in [1.807, 2.05) is 54.6 Å². The summed E-state index contributed by atoms with van der Waals surface area (Å²) in [5.41, 5.74) is 3.52. The van der Waals surface area contributed by atoms with Crippen molar-refractivity contribution in [3.63, 3.8) is 0 Å². The highest BCUT2D eigenvalue weighted by Crippen LogP contribution is 2.27. The summed E-state index contributed by atoms with van der Waals surface area (Å²) in [6.45, 7) is 1.55. The van der Waals surface area contributed by atoms with Gasteiger partial charge in [-0.1, -0.05) is 77.8 Å². The first-order chi connectivity index (χ1) is 17.2. The van der Waals surface area contributed by atoms with Crippen molar-refractivity contribution in [3.8, 4) is 0 Å². The third-order valence-electron chi connectivity index (χ3n) is 5.79. The number of benzodiazepines with no additional fused rings is 1. The molecule has 1 heterocycles. The zero-order valence-electron chi connectivity index (χ0n) is 19.7. The van der Waals surface area contributed by atoms with Gasteiger partial charge in [-0.2, -0.15) is 0 Å². The van der Waals surface area contributed by atoms with Crippen LogP contribution in [-0.2, 0) is 20.8 Å². The third-order valence-corrected chi connectivity index (χ3v) is 6.53. The SMILES string of the molecule is C[C@H](NC(=O)Cc1ccc(Cl)c(Cl)c1)C(=O)NC1N=C(c2ccccc2)c2ccccc2N(C)C1=O. The number of hydrogen-bond donors (Lipinski definition) is 2. The van der Waals surface area contributed by atoms with Crippen molar-refractivity contribution in [1.82, 2.24) is 10.6 Å². The Morgan fingerprint density at radius 1 is 1.00 bits per heavy atom. The van der Waals surface area contributed by atoms with Gasteiger partial charge in [-0.25, -0.2) is 4.99 Å². The number of carbonyl (C=O) groups is 3. The summed E-state index contributed by atoms with van der Waals surface area (Å²) in [6.07, 6.45) is -1.15. The molecule has 2 atom stereocenters. The molecule has 2 N–H and O–H groups in total. The van der Waals surface area contributed by atoms with Gasteiger partial charge < -0.3 is 15.5 Å². The van der Waals surface area contributed by atoms with E-state index in [0.29, 0.717) is 27.0 Å². The lowest BCUT2D eigenvalue weighted by Crippen LogP contribution is -2.52. The van der Waals surface area contributed by atoms with Crippen molar-refractivity contribution in [3.05, 3.63) is 99.5 Å². The Balaban J connectivity index is 1.52. The fourth-order valence-corrected chi connectivity index (χ4v) is 4.22. The normalized spacial score (nSPS) is 15.9. The van der Waals surface area contributed by atoms with Gasteiger partial charge in [0.25, 0.3) is 5.91 Å². The molecule has 0 aromatic heterocycles. The van der Waals surface area contributed by atoms with Crippen LogP contribution in [0.3, 0.4) is 0 Å². The van der Waals surface area contributed by atoms with Gasteiger partial charge >= 0.3 is 0 Å². The number of carbonyl (C=O) groups excluding carboxylic acids is 3. The van der Waals surface area contributed by atoms with Crippen molar-refractivity contribution < 1.29 is 14.4 Å². The highest BCUT2D eigenvalue weighted by Gasteiger charge is 2.32. The molecule has 3 amide bonds. The maximum absolute atomic E-state index is 13.3. The summed E-state index contributed by atoms with van der Waals surface area (Å²) in [6, 6.07) is 20.9. The summed E-state index contributed by atoms with van der Waals surface area (Å²) < 4.78 is 0. The molecule has 0 radical (unpaired) electrons. The molecule has 0 saturated heterocycles. The number of aliphatic imine (C=N–C) groups is 1. The molecular formula is C27H24Cl2N4O3. The van der Waals surface area contributed by atoms with Crippen molar-refractivity contribution in [2.75, 3.05) is 11.9 Å². The largest absolute Gasteiger partial charge is 0.344 e. The van der Waals surface area contributed by atoms with Crippen molar-refractivity contribution in [2.45, 2.75) is 25.6 Å². The summed E-state index contributed by atoms with van der Waals surface area (Å²) >= 11 is 11.9. The molecule has 4 rings (SSSR count). The van der Waals surface area contributed by atoms with Gasteiger partial charge in [-0.05, 0) is 30.7 Å². The topological polar surface area (TPSA) is 90.9 Å². The lowest BCUT2D eigenvalue weighted by molar-refractivity contribution is -0.130. The van der Waals surface area contributed by atoms with E-state index >= 15 is 0 Å². The first-order valence-corrected chi connectivity index (χ1v) is 12.0. The minimum Gasteiger partial charge on any atom is -0.344 e. The van der Waals surface area contributed by atoms with Gasteiger partial charge in [0.15, 0.2) is 0 Å². The van der Waals surface area contributed by atoms with Gasteiger partial charge in [0, 0.05) is 18.2 Å². The number of benzene rings is 3. The fraction of sp³-hybridized carbons (Fsp3) is 0.185. The molecule has 7 nitrogen and oxygen atoms in total. The minimum absolute atomic E-state index is 0.0191. The molecule has 1 aliphatic rings. The van der Waals surface area contributed by atoms with Gasteiger partial charge in [0.05, 0.1) is 27.9 Å². The molecule has 3 aromatic rings. The number of hydrogen-bond acceptors (Lipinski definition) is 4. The summed E-state index contributed by atoms with van der Waals surface area (Å²) in [5, 5.41) is 6.08. The quantitative estimate of drug-likeness (QED) is 0.512. The van der Waals surface area contributed by atoms with Crippen LogP contribution in [0, 0.1) is 0 Å². The van der Waals surface area contributed by atoms with E-state index in [2.05, 4.69) is 15.6 Å². The number of rotatable bonds is 6. The van der Waals surface area contributed by atoms with Crippen LogP contribution >= 0.6 is 23.2 Å². The highest BCUT2D eigenvalue weighted by molar-refractivity contribution is 6.42. The second kappa shape index (κ2) is 10.9. The van der Waals surface area contributed by atoms with E-state index in [1.54, 1.807) is 32.2 Å². The Hall–Kier alpha value is -3.68. The fourth-order valence-electron chi connectivity index (χ4n) is 3.90. The lowest BCUT2D eigenvalue weighted by atomic mass is 10.0. The first-order valence-electron chi connectivity index (χ1n) is 11.3. The van der Waals surface area contributed by atoms with Crippen molar-refractivity contribution in [1.29, 1.82) is 0 Å². The van der Waals surface area contributed by atoms with Crippen LogP contribution in [0.1, 0.15) is 23.6 Å². The van der Waals surface area contributed by atoms with Crippen LogP contribution in [0.15, 0.2) is 77.8 Å². The number of fused-ring (bicyclic) bond motifs is 1.